The molecule has 0 radical (unpaired) electrons. The maximum Gasteiger partial charge on any atom is 0.218 e. The molecule has 18 heavy (non-hydrogen) atoms. The molecule has 94 valence electrons. The molecule has 2 rings (SSSR count). The van der Waals surface area contributed by atoms with Gasteiger partial charge in [-0.15, -0.1) is 0 Å². The predicted molar refractivity (Wildman–Crippen MR) is 69.5 cm³/mol. The predicted octanol–water partition coefficient (Wildman–Crippen LogP) is 2.19. The molecule has 0 bridgehead atoms. The summed E-state index contributed by atoms with van der Waals surface area (Å²) in [5, 5.41) is 3.21. The summed E-state index contributed by atoms with van der Waals surface area (Å²) >= 11 is 0. The van der Waals surface area contributed by atoms with Crippen LogP contribution < -0.4 is 10.1 Å². The third kappa shape index (κ3) is 3.16. The number of aryl methyl sites for hydroxylation is 1. The van der Waals surface area contributed by atoms with Crippen LogP contribution in [-0.4, -0.2) is 21.6 Å². The number of nitrogens with one attached hydrogen (secondary N) is 1. The Bertz CT molecular complexity index is 516. The lowest BCUT2D eigenvalue weighted by Gasteiger charge is -2.08. The second-order valence-corrected chi connectivity index (χ2v) is 3.80. The lowest BCUT2D eigenvalue weighted by atomic mass is 10.2. The first-order valence-corrected chi connectivity index (χ1v) is 5.89. The van der Waals surface area contributed by atoms with E-state index in [0.717, 1.165) is 17.1 Å². The molecular weight excluding hydrogens is 228 g/mol. The average Bonchev–Trinajstić information content (AvgIpc) is 2.39. The fraction of sp³-hybridized carbons (Fsp3) is 0.308. The highest BCUT2D eigenvalue weighted by Gasteiger charge is 2.01. The lowest BCUT2D eigenvalue weighted by molar-refractivity contribution is 0.326. The van der Waals surface area contributed by atoms with Crippen LogP contribution in [0.5, 0.6) is 5.88 Å². The summed E-state index contributed by atoms with van der Waals surface area (Å²) in [6, 6.07) is 5.74. The second kappa shape index (κ2) is 5.95. The van der Waals surface area contributed by atoms with E-state index in [4.69, 9.17) is 4.74 Å². The molecule has 0 saturated carbocycles. The largest absolute Gasteiger partial charge is 0.478 e. The highest BCUT2D eigenvalue weighted by Crippen LogP contribution is 2.12. The maximum atomic E-state index is 5.32. The van der Waals surface area contributed by atoms with Gasteiger partial charge in [-0.1, -0.05) is 6.07 Å². The Hall–Kier alpha value is -2.17. The fourth-order valence-corrected chi connectivity index (χ4v) is 1.54. The number of ether oxygens (including phenoxy) is 1. The van der Waals surface area contributed by atoms with E-state index in [1.165, 1.54) is 6.33 Å². The number of anilines is 1. The van der Waals surface area contributed by atoms with Gasteiger partial charge in [-0.3, -0.25) is 4.98 Å². The van der Waals surface area contributed by atoms with E-state index in [1.54, 1.807) is 12.3 Å². The molecule has 0 aliphatic heterocycles. The minimum atomic E-state index is 0.577. The molecule has 0 aliphatic rings. The van der Waals surface area contributed by atoms with Crippen LogP contribution >= 0.6 is 0 Å². The van der Waals surface area contributed by atoms with E-state index in [-0.39, 0.29) is 0 Å². The summed E-state index contributed by atoms with van der Waals surface area (Å²) in [5.74, 6) is 1.31. The fourth-order valence-electron chi connectivity index (χ4n) is 1.54. The van der Waals surface area contributed by atoms with Crippen molar-refractivity contribution in [2.75, 3.05) is 11.9 Å². The van der Waals surface area contributed by atoms with E-state index >= 15 is 0 Å². The van der Waals surface area contributed by atoms with Crippen LogP contribution in [0.15, 0.2) is 30.7 Å². The van der Waals surface area contributed by atoms with Crippen LogP contribution in [0.2, 0.25) is 0 Å². The lowest BCUT2D eigenvalue weighted by Crippen LogP contribution is -2.05. The van der Waals surface area contributed by atoms with E-state index in [1.807, 2.05) is 26.0 Å². The van der Waals surface area contributed by atoms with Gasteiger partial charge < -0.3 is 10.1 Å². The topological polar surface area (TPSA) is 59.9 Å². The van der Waals surface area contributed by atoms with Gasteiger partial charge in [0.05, 0.1) is 18.8 Å². The summed E-state index contributed by atoms with van der Waals surface area (Å²) < 4.78 is 5.32. The standard InChI is InChI=1S/C13H16N4O/c1-3-18-13-7-12(16-9-17-13)15-8-11-10(2)5-4-6-14-11/h4-7,9H,3,8H2,1-2H3,(H,15,16,17). The summed E-state index contributed by atoms with van der Waals surface area (Å²) in [7, 11) is 0. The number of rotatable bonds is 5. The normalized spacial score (nSPS) is 10.1. The quantitative estimate of drug-likeness (QED) is 0.873. The third-order valence-electron chi connectivity index (χ3n) is 2.49. The maximum absolute atomic E-state index is 5.32. The van der Waals surface area contributed by atoms with Crippen LogP contribution in [0.4, 0.5) is 5.82 Å². The molecule has 0 saturated heterocycles. The highest BCUT2D eigenvalue weighted by molar-refractivity contribution is 5.38. The second-order valence-electron chi connectivity index (χ2n) is 3.80. The summed E-state index contributed by atoms with van der Waals surface area (Å²) in [4.78, 5) is 12.5. The first-order valence-electron chi connectivity index (χ1n) is 5.89. The van der Waals surface area contributed by atoms with Gasteiger partial charge in [0.15, 0.2) is 0 Å². The van der Waals surface area contributed by atoms with Gasteiger partial charge in [0, 0.05) is 12.3 Å². The van der Waals surface area contributed by atoms with Crippen molar-refractivity contribution in [1.82, 2.24) is 15.0 Å². The minimum Gasteiger partial charge on any atom is -0.478 e. The Labute approximate surface area is 106 Å². The molecular formula is C13H16N4O. The zero-order valence-electron chi connectivity index (χ0n) is 10.6. The van der Waals surface area contributed by atoms with Crippen molar-refractivity contribution in [3.8, 4) is 5.88 Å². The molecule has 2 aromatic rings. The third-order valence-corrected chi connectivity index (χ3v) is 2.49. The van der Waals surface area contributed by atoms with Gasteiger partial charge in [0.2, 0.25) is 5.88 Å². The van der Waals surface area contributed by atoms with Gasteiger partial charge >= 0.3 is 0 Å². The SMILES string of the molecule is CCOc1cc(NCc2ncccc2C)ncn1. The smallest absolute Gasteiger partial charge is 0.218 e. The van der Waals surface area contributed by atoms with E-state index in [9.17, 15) is 0 Å². The molecule has 5 nitrogen and oxygen atoms in total. The zero-order valence-corrected chi connectivity index (χ0v) is 10.6. The van der Waals surface area contributed by atoms with Crippen LogP contribution in [0.25, 0.3) is 0 Å². The van der Waals surface area contributed by atoms with E-state index in [0.29, 0.717) is 19.0 Å². The van der Waals surface area contributed by atoms with Crippen molar-refractivity contribution in [1.29, 1.82) is 0 Å². The van der Waals surface area contributed by atoms with Crippen molar-refractivity contribution >= 4 is 5.82 Å². The number of aromatic nitrogens is 3. The van der Waals surface area contributed by atoms with Crippen LogP contribution in [0, 0.1) is 6.92 Å². The molecule has 0 atom stereocenters. The first-order chi connectivity index (χ1) is 8.79. The molecule has 2 aromatic heterocycles. The first kappa shape index (κ1) is 12.3. The van der Waals surface area contributed by atoms with E-state index < -0.39 is 0 Å². The molecule has 1 N–H and O–H groups in total. The van der Waals surface area contributed by atoms with Crippen molar-refractivity contribution in [3.63, 3.8) is 0 Å². The Kier molecular flexibility index (Phi) is 4.06. The van der Waals surface area contributed by atoms with Crippen molar-refractivity contribution in [2.24, 2.45) is 0 Å². The number of nitrogens with zero attached hydrogens (tertiary/aromatic N) is 3. The summed E-state index contributed by atoms with van der Waals surface area (Å²) in [5.41, 5.74) is 2.16. The molecule has 5 heteroatoms. The monoisotopic (exact) mass is 244 g/mol. The van der Waals surface area contributed by atoms with Gasteiger partial charge in [0.25, 0.3) is 0 Å². The van der Waals surface area contributed by atoms with Crippen molar-refractivity contribution < 1.29 is 4.74 Å². The average molecular weight is 244 g/mol. The number of pyridine rings is 1. The Balaban J connectivity index is 2.02. The van der Waals surface area contributed by atoms with Gasteiger partial charge in [-0.25, -0.2) is 9.97 Å². The van der Waals surface area contributed by atoms with Crippen molar-refractivity contribution in [2.45, 2.75) is 20.4 Å². The molecule has 0 spiro atoms. The Morgan fingerprint density at radius 2 is 2.17 bits per heavy atom. The Morgan fingerprint density at radius 1 is 1.28 bits per heavy atom. The molecule has 0 amide bonds. The van der Waals surface area contributed by atoms with Crippen molar-refractivity contribution in [3.05, 3.63) is 42.0 Å². The minimum absolute atomic E-state index is 0.577. The molecule has 2 heterocycles. The molecule has 0 unspecified atom stereocenters. The molecule has 0 fully saturated rings. The van der Waals surface area contributed by atoms with Crippen LogP contribution in [0.1, 0.15) is 18.2 Å². The van der Waals surface area contributed by atoms with Gasteiger partial charge in [-0.05, 0) is 25.5 Å². The Morgan fingerprint density at radius 3 is 2.94 bits per heavy atom. The molecule has 0 aliphatic carbocycles. The molecule has 0 aromatic carbocycles. The number of hydrogen-bond donors (Lipinski definition) is 1. The summed E-state index contributed by atoms with van der Waals surface area (Å²) in [6.07, 6.45) is 3.27. The zero-order chi connectivity index (χ0) is 12.8. The van der Waals surface area contributed by atoms with E-state index in [2.05, 4.69) is 20.3 Å². The van der Waals surface area contributed by atoms with Crippen LogP contribution in [0.3, 0.4) is 0 Å². The number of hydrogen-bond acceptors (Lipinski definition) is 5. The van der Waals surface area contributed by atoms with Gasteiger partial charge in [-0.2, -0.15) is 0 Å². The van der Waals surface area contributed by atoms with Gasteiger partial charge in [0.1, 0.15) is 12.1 Å². The summed E-state index contributed by atoms with van der Waals surface area (Å²) in [6.45, 7) is 5.19. The highest BCUT2D eigenvalue weighted by atomic mass is 16.5. The van der Waals surface area contributed by atoms with Crippen LogP contribution in [-0.2, 0) is 6.54 Å².